The molecule has 1 aliphatic heterocycles. The molecule has 1 saturated heterocycles. The van der Waals surface area contributed by atoms with Crippen molar-refractivity contribution in [2.75, 3.05) is 13.1 Å². The molecule has 1 aromatic carbocycles. The summed E-state index contributed by atoms with van der Waals surface area (Å²) >= 11 is 4.91. The number of nitrogens with zero attached hydrogens (tertiary/aromatic N) is 1. The molecular weight excluding hydrogens is 256 g/mol. The average molecular weight is 276 g/mol. The van der Waals surface area contributed by atoms with E-state index in [-0.39, 0.29) is 5.91 Å². The van der Waals surface area contributed by atoms with Crippen LogP contribution in [0.25, 0.3) is 0 Å². The lowest BCUT2D eigenvalue weighted by molar-refractivity contribution is 0.0627. The lowest BCUT2D eigenvalue weighted by atomic mass is 9.88. The maximum atomic E-state index is 12.4. The van der Waals surface area contributed by atoms with Crippen molar-refractivity contribution in [2.24, 2.45) is 17.6 Å². The number of amides is 1. The Hall–Kier alpha value is -1.42. The Morgan fingerprint density at radius 1 is 1.21 bits per heavy atom. The van der Waals surface area contributed by atoms with Gasteiger partial charge in [-0.3, -0.25) is 4.79 Å². The maximum Gasteiger partial charge on any atom is 0.253 e. The highest BCUT2D eigenvalue weighted by atomic mass is 32.1. The lowest BCUT2D eigenvalue weighted by Crippen LogP contribution is -2.42. The van der Waals surface area contributed by atoms with Crippen LogP contribution in [-0.2, 0) is 0 Å². The summed E-state index contributed by atoms with van der Waals surface area (Å²) in [6, 6.07) is 7.23. The molecule has 2 unspecified atom stereocenters. The van der Waals surface area contributed by atoms with Crippen molar-refractivity contribution < 1.29 is 4.79 Å². The molecule has 1 aromatic rings. The van der Waals surface area contributed by atoms with Gasteiger partial charge in [-0.1, -0.05) is 38.2 Å². The fourth-order valence-corrected chi connectivity index (χ4v) is 2.54. The van der Waals surface area contributed by atoms with Crippen LogP contribution < -0.4 is 5.73 Å². The normalized spacial score (nSPS) is 23.2. The highest BCUT2D eigenvalue weighted by molar-refractivity contribution is 7.80. The largest absolute Gasteiger partial charge is 0.389 e. The second kappa shape index (κ2) is 5.70. The molecule has 3 nitrogen and oxygen atoms in total. The first-order valence-electron chi connectivity index (χ1n) is 6.68. The SMILES string of the molecule is CC1CCN(C(=O)c2ccc(C(N)=S)cc2)CC1C. The minimum absolute atomic E-state index is 0.105. The maximum absolute atomic E-state index is 12.4. The number of piperidine rings is 1. The molecule has 4 heteroatoms. The number of thiocarbonyl (C=S) groups is 1. The van der Waals surface area contributed by atoms with E-state index >= 15 is 0 Å². The third kappa shape index (κ3) is 3.13. The number of rotatable bonds is 2. The fourth-order valence-electron chi connectivity index (χ4n) is 2.41. The first-order valence-corrected chi connectivity index (χ1v) is 7.09. The van der Waals surface area contributed by atoms with E-state index in [1.54, 1.807) is 12.1 Å². The number of carbonyl (C=O) groups is 1. The van der Waals surface area contributed by atoms with Crippen LogP contribution in [0, 0.1) is 11.8 Å². The highest BCUT2D eigenvalue weighted by Gasteiger charge is 2.26. The predicted octanol–water partition coefficient (Wildman–Crippen LogP) is 2.44. The predicted molar refractivity (Wildman–Crippen MR) is 81.2 cm³/mol. The zero-order chi connectivity index (χ0) is 14.0. The highest BCUT2D eigenvalue weighted by Crippen LogP contribution is 2.23. The van der Waals surface area contributed by atoms with Crippen LogP contribution in [0.15, 0.2) is 24.3 Å². The Kier molecular flexibility index (Phi) is 4.20. The summed E-state index contributed by atoms with van der Waals surface area (Å²) in [5.74, 6) is 1.36. The van der Waals surface area contributed by atoms with Crippen molar-refractivity contribution in [3.05, 3.63) is 35.4 Å². The lowest BCUT2D eigenvalue weighted by Gasteiger charge is -2.35. The van der Waals surface area contributed by atoms with Gasteiger partial charge in [0.2, 0.25) is 0 Å². The topological polar surface area (TPSA) is 46.3 Å². The first kappa shape index (κ1) is 14.0. The Bertz CT molecular complexity index is 483. The zero-order valence-electron chi connectivity index (χ0n) is 11.4. The molecule has 0 spiro atoms. The molecule has 1 aliphatic rings. The Morgan fingerprint density at radius 2 is 1.79 bits per heavy atom. The molecular formula is C15H20N2OS. The van der Waals surface area contributed by atoms with E-state index in [4.69, 9.17) is 18.0 Å². The molecule has 1 amide bonds. The van der Waals surface area contributed by atoms with Gasteiger partial charge >= 0.3 is 0 Å². The van der Waals surface area contributed by atoms with Crippen molar-refractivity contribution in [1.82, 2.24) is 4.90 Å². The van der Waals surface area contributed by atoms with Gasteiger partial charge in [0.05, 0.1) is 0 Å². The molecule has 2 N–H and O–H groups in total. The van der Waals surface area contributed by atoms with Gasteiger partial charge in [0.15, 0.2) is 0 Å². The number of benzene rings is 1. The second-order valence-corrected chi connectivity index (χ2v) is 5.88. The summed E-state index contributed by atoms with van der Waals surface area (Å²) in [4.78, 5) is 14.7. The van der Waals surface area contributed by atoms with Gasteiger partial charge in [0.25, 0.3) is 5.91 Å². The van der Waals surface area contributed by atoms with Crippen LogP contribution in [0.5, 0.6) is 0 Å². The number of nitrogens with two attached hydrogens (primary N) is 1. The van der Waals surface area contributed by atoms with E-state index in [2.05, 4.69) is 13.8 Å². The van der Waals surface area contributed by atoms with Crippen LogP contribution in [0.2, 0.25) is 0 Å². The molecule has 0 saturated carbocycles. The Balaban J connectivity index is 2.09. The van der Waals surface area contributed by atoms with E-state index in [0.29, 0.717) is 22.4 Å². The Morgan fingerprint density at radius 3 is 2.32 bits per heavy atom. The van der Waals surface area contributed by atoms with Gasteiger partial charge in [-0.25, -0.2) is 0 Å². The van der Waals surface area contributed by atoms with Gasteiger partial charge in [-0.2, -0.15) is 0 Å². The van der Waals surface area contributed by atoms with Crippen LogP contribution >= 0.6 is 12.2 Å². The molecule has 19 heavy (non-hydrogen) atoms. The Labute approximate surface area is 119 Å². The van der Waals surface area contributed by atoms with E-state index in [1.165, 1.54) is 0 Å². The monoisotopic (exact) mass is 276 g/mol. The molecule has 0 radical (unpaired) electrons. The van der Waals surface area contributed by atoms with Crippen molar-refractivity contribution >= 4 is 23.1 Å². The van der Waals surface area contributed by atoms with E-state index in [1.807, 2.05) is 17.0 Å². The summed E-state index contributed by atoms with van der Waals surface area (Å²) in [6.45, 7) is 6.15. The van der Waals surface area contributed by atoms with Gasteiger partial charge in [0, 0.05) is 24.2 Å². The molecule has 1 heterocycles. The average Bonchev–Trinajstić information content (AvgIpc) is 2.41. The minimum Gasteiger partial charge on any atom is -0.389 e. The molecule has 1 fully saturated rings. The van der Waals surface area contributed by atoms with Crippen molar-refractivity contribution in [3.8, 4) is 0 Å². The molecule has 2 rings (SSSR count). The quantitative estimate of drug-likeness (QED) is 0.844. The number of hydrogen-bond acceptors (Lipinski definition) is 2. The smallest absolute Gasteiger partial charge is 0.253 e. The van der Waals surface area contributed by atoms with Gasteiger partial charge in [-0.05, 0) is 30.4 Å². The third-order valence-corrected chi connectivity index (χ3v) is 4.27. The summed E-state index contributed by atoms with van der Waals surface area (Å²) < 4.78 is 0. The van der Waals surface area contributed by atoms with Crippen LogP contribution in [0.4, 0.5) is 0 Å². The first-order chi connectivity index (χ1) is 8.99. The van der Waals surface area contributed by atoms with Gasteiger partial charge in [-0.15, -0.1) is 0 Å². The minimum atomic E-state index is 0.105. The molecule has 0 bridgehead atoms. The molecule has 0 aliphatic carbocycles. The number of hydrogen-bond donors (Lipinski definition) is 1. The molecule has 102 valence electrons. The zero-order valence-corrected chi connectivity index (χ0v) is 12.2. The van der Waals surface area contributed by atoms with Crippen molar-refractivity contribution in [2.45, 2.75) is 20.3 Å². The third-order valence-electron chi connectivity index (χ3n) is 4.04. The summed E-state index contributed by atoms with van der Waals surface area (Å²) in [5, 5.41) is 0. The van der Waals surface area contributed by atoms with Crippen LogP contribution in [0.1, 0.15) is 36.2 Å². The second-order valence-electron chi connectivity index (χ2n) is 5.44. The van der Waals surface area contributed by atoms with Gasteiger partial charge < -0.3 is 10.6 Å². The van der Waals surface area contributed by atoms with Crippen molar-refractivity contribution in [3.63, 3.8) is 0 Å². The van der Waals surface area contributed by atoms with Gasteiger partial charge in [0.1, 0.15) is 4.99 Å². The van der Waals surface area contributed by atoms with E-state index in [0.717, 1.165) is 25.1 Å². The van der Waals surface area contributed by atoms with Crippen molar-refractivity contribution in [1.29, 1.82) is 0 Å². The van der Waals surface area contributed by atoms with Crippen LogP contribution in [0.3, 0.4) is 0 Å². The molecule has 2 atom stereocenters. The fraction of sp³-hybridized carbons (Fsp3) is 0.467. The number of likely N-dealkylation sites (tertiary alicyclic amines) is 1. The van der Waals surface area contributed by atoms with E-state index < -0.39 is 0 Å². The summed E-state index contributed by atoms with van der Waals surface area (Å²) in [7, 11) is 0. The summed E-state index contributed by atoms with van der Waals surface area (Å²) in [5.41, 5.74) is 7.06. The van der Waals surface area contributed by atoms with E-state index in [9.17, 15) is 4.79 Å². The molecule has 0 aromatic heterocycles. The number of carbonyl (C=O) groups excluding carboxylic acids is 1. The van der Waals surface area contributed by atoms with Crippen LogP contribution in [-0.4, -0.2) is 28.9 Å². The standard InChI is InChI=1S/C15H20N2OS/c1-10-7-8-17(9-11(10)2)15(18)13-5-3-12(4-6-13)14(16)19/h3-6,10-11H,7-9H2,1-2H3,(H2,16,19). The summed E-state index contributed by atoms with van der Waals surface area (Å²) in [6.07, 6.45) is 1.08.